The third kappa shape index (κ3) is 3.91. The molecule has 8 nitrogen and oxygen atoms in total. The molecule has 2 aliphatic heterocycles. The van der Waals surface area contributed by atoms with E-state index in [0.29, 0.717) is 31.9 Å². The second kappa shape index (κ2) is 8.70. The molecule has 6 rings (SSSR count). The van der Waals surface area contributed by atoms with E-state index in [9.17, 15) is 13.6 Å². The van der Waals surface area contributed by atoms with Crippen LogP contribution in [0.1, 0.15) is 36.5 Å². The normalized spacial score (nSPS) is 19.6. The molecule has 2 atom stereocenters. The van der Waals surface area contributed by atoms with Gasteiger partial charge in [-0.3, -0.25) is 14.3 Å². The summed E-state index contributed by atoms with van der Waals surface area (Å²) in [6.45, 7) is 5.36. The number of halogens is 2. The first-order valence-corrected chi connectivity index (χ1v) is 12.0. The number of fused-ring (bicyclic) bond motifs is 2. The number of rotatable bonds is 3. The zero-order valence-electron chi connectivity index (χ0n) is 19.9. The Kier molecular flexibility index (Phi) is 5.48. The molecule has 1 saturated heterocycles. The highest BCUT2D eigenvalue weighted by atomic mass is 19.1. The van der Waals surface area contributed by atoms with E-state index < -0.39 is 11.6 Å². The average Bonchev–Trinajstić information content (AvgIpc) is 3.33. The van der Waals surface area contributed by atoms with E-state index in [0.717, 1.165) is 23.7 Å². The van der Waals surface area contributed by atoms with Gasteiger partial charge in [0, 0.05) is 43.0 Å². The lowest BCUT2D eigenvalue weighted by Gasteiger charge is -2.37. The van der Waals surface area contributed by atoms with Crippen LogP contribution >= 0.6 is 0 Å². The Morgan fingerprint density at radius 1 is 1.06 bits per heavy atom. The van der Waals surface area contributed by atoms with Gasteiger partial charge < -0.3 is 9.64 Å². The van der Waals surface area contributed by atoms with Gasteiger partial charge in [0.05, 0.1) is 12.6 Å². The summed E-state index contributed by atoms with van der Waals surface area (Å²) in [5.74, 6) is -0.560. The molecule has 0 bridgehead atoms. The number of nitrogens with zero attached hydrogens (tertiary/aromatic N) is 6. The standard InChI is InChI=1S/C26H24F2N6O2/c1-14-10-16(7-8-29-14)20-13-33(12-15(2)36-20)26-31-22(18-6-5-17(27)11-19(18)28)23-24(32-26)25(35)34-9-3-4-21(34)30-23/h5-8,10-11,15,20H,3-4,9,12-13H2,1-2H3/t15-,20?/m0/s1. The fourth-order valence-electron chi connectivity index (χ4n) is 5.03. The lowest BCUT2D eigenvalue weighted by molar-refractivity contribution is -0.0179. The smallest absolute Gasteiger partial charge is 0.280 e. The van der Waals surface area contributed by atoms with E-state index in [-0.39, 0.29) is 46.0 Å². The Balaban J connectivity index is 1.52. The molecular formula is C26H24F2N6O2. The summed E-state index contributed by atoms with van der Waals surface area (Å²) in [5.41, 5.74) is 2.18. The number of aryl methyl sites for hydroxylation is 2. The zero-order valence-corrected chi connectivity index (χ0v) is 19.9. The SMILES string of the molecule is Cc1cc(C2CN(c3nc(-c4ccc(F)cc4F)c4nc5n(c(=O)c4n3)CCC5)C[C@H](C)O2)ccn1. The van der Waals surface area contributed by atoms with Crippen LogP contribution in [0.25, 0.3) is 22.3 Å². The minimum atomic E-state index is -0.774. The molecule has 5 heterocycles. The van der Waals surface area contributed by atoms with Crippen LogP contribution in [0.5, 0.6) is 0 Å². The van der Waals surface area contributed by atoms with Gasteiger partial charge in [0.1, 0.15) is 34.8 Å². The number of hydrogen-bond acceptors (Lipinski definition) is 7. The molecule has 0 saturated carbocycles. The molecule has 4 aromatic rings. The molecule has 184 valence electrons. The molecule has 3 aromatic heterocycles. The molecule has 0 spiro atoms. The van der Waals surface area contributed by atoms with Gasteiger partial charge in [0.2, 0.25) is 5.95 Å². The van der Waals surface area contributed by atoms with E-state index >= 15 is 0 Å². The molecule has 0 amide bonds. The highest BCUT2D eigenvalue weighted by Gasteiger charge is 2.30. The number of aromatic nitrogens is 5. The summed E-state index contributed by atoms with van der Waals surface area (Å²) in [6, 6.07) is 7.19. The molecule has 0 radical (unpaired) electrons. The number of morpholine rings is 1. The predicted octanol–water partition coefficient (Wildman–Crippen LogP) is 3.75. The van der Waals surface area contributed by atoms with Crippen molar-refractivity contribution in [3.05, 3.63) is 75.6 Å². The predicted molar refractivity (Wildman–Crippen MR) is 130 cm³/mol. The van der Waals surface area contributed by atoms with Crippen LogP contribution < -0.4 is 10.5 Å². The topological polar surface area (TPSA) is 86.0 Å². The van der Waals surface area contributed by atoms with Crippen molar-refractivity contribution in [3.8, 4) is 11.3 Å². The molecule has 1 aromatic carbocycles. The Bertz CT molecular complexity index is 1560. The fraction of sp³-hybridized carbons (Fsp3) is 0.346. The first kappa shape index (κ1) is 22.7. The molecular weight excluding hydrogens is 466 g/mol. The first-order valence-electron chi connectivity index (χ1n) is 12.0. The second-order valence-electron chi connectivity index (χ2n) is 9.35. The largest absolute Gasteiger partial charge is 0.367 e. The third-order valence-corrected chi connectivity index (χ3v) is 6.68. The summed E-state index contributed by atoms with van der Waals surface area (Å²) in [6.07, 6.45) is 2.77. The van der Waals surface area contributed by atoms with E-state index in [2.05, 4.69) is 15.0 Å². The van der Waals surface area contributed by atoms with Crippen LogP contribution in [-0.2, 0) is 17.7 Å². The maximum atomic E-state index is 14.9. The van der Waals surface area contributed by atoms with Gasteiger partial charge in [-0.1, -0.05) is 0 Å². The molecule has 10 heteroatoms. The number of anilines is 1. The molecule has 0 aliphatic carbocycles. The maximum absolute atomic E-state index is 14.9. The lowest BCUT2D eigenvalue weighted by atomic mass is 10.1. The van der Waals surface area contributed by atoms with Crippen LogP contribution in [0.15, 0.2) is 41.3 Å². The molecule has 1 unspecified atom stereocenters. The van der Waals surface area contributed by atoms with Crippen LogP contribution in [-0.4, -0.2) is 43.7 Å². The number of ether oxygens (including phenoxy) is 1. The Labute approximate surface area is 205 Å². The van der Waals surface area contributed by atoms with Gasteiger partial charge in [-0.05, 0) is 50.1 Å². The average molecular weight is 491 g/mol. The van der Waals surface area contributed by atoms with Crippen molar-refractivity contribution in [2.45, 2.75) is 45.4 Å². The molecule has 2 aliphatic rings. The number of hydrogen-bond donors (Lipinski definition) is 0. The minimum Gasteiger partial charge on any atom is -0.367 e. The highest BCUT2D eigenvalue weighted by molar-refractivity contribution is 5.89. The van der Waals surface area contributed by atoms with Crippen molar-refractivity contribution < 1.29 is 13.5 Å². The van der Waals surface area contributed by atoms with Gasteiger partial charge in [0.15, 0.2) is 5.52 Å². The summed E-state index contributed by atoms with van der Waals surface area (Å²) in [7, 11) is 0. The molecule has 1 fully saturated rings. The Morgan fingerprint density at radius 2 is 1.92 bits per heavy atom. The van der Waals surface area contributed by atoms with Gasteiger partial charge in [-0.15, -0.1) is 0 Å². The zero-order chi connectivity index (χ0) is 25.0. The number of pyridine rings is 1. The summed E-state index contributed by atoms with van der Waals surface area (Å²) < 4.78 is 36.5. The number of benzene rings is 1. The Hall–Kier alpha value is -3.79. The van der Waals surface area contributed by atoms with Gasteiger partial charge >= 0.3 is 0 Å². The van der Waals surface area contributed by atoms with Gasteiger partial charge in [-0.2, -0.15) is 0 Å². The van der Waals surface area contributed by atoms with Crippen molar-refractivity contribution in [2.24, 2.45) is 0 Å². The lowest BCUT2D eigenvalue weighted by Crippen LogP contribution is -2.44. The van der Waals surface area contributed by atoms with Crippen molar-refractivity contribution in [1.82, 2.24) is 24.5 Å². The quantitative estimate of drug-likeness (QED) is 0.432. The van der Waals surface area contributed by atoms with E-state index in [4.69, 9.17) is 9.72 Å². The van der Waals surface area contributed by atoms with Crippen LogP contribution in [0.2, 0.25) is 0 Å². The summed E-state index contributed by atoms with van der Waals surface area (Å²) in [4.78, 5) is 33.6. The monoisotopic (exact) mass is 490 g/mol. The van der Waals surface area contributed by atoms with Gasteiger partial charge in [-0.25, -0.2) is 23.7 Å². The van der Waals surface area contributed by atoms with Crippen molar-refractivity contribution in [1.29, 1.82) is 0 Å². The van der Waals surface area contributed by atoms with Crippen LogP contribution in [0.4, 0.5) is 14.7 Å². The third-order valence-electron chi connectivity index (χ3n) is 6.68. The van der Waals surface area contributed by atoms with Crippen LogP contribution in [0.3, 0.4) is 0 Å². The Morgan fingerprint density at radius 3 is 2.72 bits per heavy atom. The van der Waals surface area contributed by atoms with E-state index in [1.165, 1.54) is 12.1 Å². The first-order chi connectivity index (χ1) is 17.4. The highest BCUT2D eigenvalue weighted by Crippen LogP contribution is 2.32. The minimum absolute atomic E-state index is 0.0718. The van der Waals surface area contributed by atoms with Gasteiger partial charge in [0.25, 0.3) is 5.56 Å². The summed E-state index contributed by atoms with van der Waals surface area (Å²) in [5, 5.41) is 0. The molecule has 36 heavy (non-hydrogen) atoms. The fourth-order valence-corrected chi connectivity index (χ4v) is 5.03. The summed E-state index contributed by atoms with van der Waals surface area (Å²) >= 11 is 0. The van der Waals surface area contributed by atoms with E-state index in [1.54, 1.807) is 10.8 Å². The van der Waals surface area contributed by atoms with Crippen molar-refractivity contribution in [3.63, 3.8) is 0 Å². The van der Waals surface area contributed by atoms with Crippen molar-refractivity contribution in [2.75, 3.05) is 18.0 Å². The molecule has 0 N–H and O–H groups in total. The second-order valence-corrected chi connectivity index (χ2v) is 9.35. The maximum Gasteiger partial charge on any atom is 0.280 e. The van der Waals surface area contributed by atoms with E-state index in [1.807, 2.05) is 30.9 Å². The van der Waals surface area contributed by atoms with Crippen molar-refractivity contribution >= 4 is 17.0 Å². The van der Waals surface area contributed by atoms with Crippen LogP contribution in [0, 0.1) is 18.6 Å².